The van der Waals surface area contributed by atoms with Crippen LogP contribution in [0.1, 0.15) is 22.3 Å². The maximum Gasteiger partial charge on any atom is 0.584 e. The average Bonchev–Trinajstić information content (AvgIpc) is 3.13. The van der Waals surface area contributed by atoms with Gasteiger partial charge in [0.25, 0.3) is 0 Å². The molecule has 45 heavy (non-hydrogen) atoms. The van der Waals surface area contributed by atoms with Gasteiger partial charge in [-0.05, 0) is 119 Å². The lowest BCUT2D eigenvalue weighted by Gasteiger charge is -2.20. The van der Waals surface area contributed by atoms with Crippen molar-refractivity contribution < 1.29 is 27.6 Å². The molecule has 0 saturated carbocycles. The lowest BCUT2D eigenvalue weighted by Crippen LogP contribution is -2.00. The molecule has 9 heteroatoms. The summed E-state index contributed by atoms with van der Waals surface area (Å²) in [7, 11) is -0.0633. The Bertz CT molecular complexity index is 2040. The Kier molecular flexibility index (Phi) is 7.39. The Morgan fingerprint density at radius 3 is 1.31 bits per heavy atom. The van der Waals surface area contributed by atoms with Crippen molar-refractivity contribution in [2.75, 3.05) is 0 Å². The molecular weight excluding hydrogens is 621 g/mol. The fraction of sp³-hybridized carbons (Fsp3) is 0.111. The maximum atomic E-state index is 14.0. The summed E-state index contributed by atoms with van der Waals surface area (Å²) in [5.41, 5.74) is 8.13. The van der Waals surface area contributed by atoms with Crippen molar-refractivity contribution in [1.29, 1.82) is 0 Å². The molecule has 0 bridgehead atoms. The fourth-order valence-corrected chi connectivity index (χ4v) is 8.23. The minimum absolute atomic E-state index is 0.290. The first kappa shape index (κ1) is 29.8. The summed E-state index contributed by atoms with van der Waals surface area (Å²) in [6.07, 6.45) is 0. The first-order valence-corrected chi connectivity index (χ1v) is 16.8. The molecule has 0 fully saturated rings. The van der Waals surface area contributed by atoms with E-state index in [0.717, 1.165) is 66.4 Å². The van der Waals surface area contributed by atoms with E-state index in [4.69, 9.17) is 18.1 Å². The molecule has 7 rings (SSSR count). The Hall–Kier alpha value is -3.91. The van der Waals surface area contributed by atoms with E-state index in [-0.39, 0.29) is 11.5 Å². The Morgan fingerprint density at radius 1 is 0.600 bits per heavy atom. The highest BCUT2D eigenvalue weighted by Gasteiger charge is 2.37. The van der Waals surface area contributed by atoms with Crippen LogP contribution in [0.5, 0.6) is 23.0 Å². The molecule has 226 valence electrons. The minimum Gasteiger partial charge on any atom is -0.480 e. The van der Waals surface area contributed by atoms with Gasteiger partial charge in [0.1, 0.15) is 23.0 Å². The van der Waals surface area contributed by atoms with E-state index >= 15 is 0 Å². The van der Waals surface area contributed by atoms with Crippen LogP contribution in [0, 0.1) is 27.7 Å². The number of hydrogen-bond acceptors (Lipinski definition) is 5. The van der Waals surface area contributed by atoms with Crippen LogP contribution in [0.2, 0.25) is 0 Å². The molecule has 0 aromatic heterocycles. The van der Waals surface area contributed by atoms with Gasteiger partial charge in [-0.2, -0.15) is 0 Å². The van der Waals surface area contributed by atoms with Crippen molar-refractivity contribution in [2.24, 2.45) is 0 Å². The van der Waals surface area contributed by atoms with E-state index in [9.17, 15) is 9.46 Å². The van der Waals surface area contributed by atoms with Crippen molar-refractivity contribution in [1.82, 2.24) is 0 Å². The number of fused-ring (bicyclic) bond motifs is 7. The first-order chi connectivity index (χ1) is 21.6. The normalized spacial score (nSPS) is 13.4. The molecule has 6 nitrogen and oxygen atoms in total. The number of hydrogen-bond donors (Lipinski definition) is 1. The van der Waals surface area contributed by atoms with Gasteiger partial charge in [0.2, 0.25) is 0 Å². The van der Waals surface area contributed by atoms with E-state index in [0.29, 0.717) is 22.3 Å². The van der Waals surface area contributed by atoms with E-state index < -0.39 is 7.82 Å². The molecule has 1 heterocycles. The highest BCUT2D eigenvalue weighted by atomic mass is 31.2. The molecular formula is C36H31O6P3. The van der Waals surface area contributed by atoms with Crippen molar-refractivity contribution >= 4 is 48.3 Å². The molecule has 0 spiro atoms. The highest BCUT2D eigenvalue weighted by molar-refractivity contribution is 7.48. The minimum atomic E-state index is -4.68. The summed E-state index contributed by atoms with van der Waals surface area (Å²) in [5.74, 6) is 2.10. The summed E-state index contributed by atoms with van der Waals surface area (Å²) in [5, 5.41) is 3.67. The van der Waals surface area contributed by atoms with Crippen LogP contribution in [0.3, 0.4) is 0 Å². The summed E-state index contributed by atoms with van der Waals surface area (Å²) in [6, 6.07) is 28.1. The first-order valence-electron chi connectivity index (χ1n) is 14.4. The third-order valence-corrected chi connectivity index (χ3v) is 9.74. The number of rotatable bonds is 4. The van der Waals surface area contributed by atoms with Crippen LogP contribution in [-0.4, -0.2) is 4.89 Å². The lowest BCUT2D eigenvalue weighted by atomic mass is 9.86. The zero-order chi connectivity index (χ0) is 31.6. The molecule has 6 aromatic rings. The van der Waals surface area contributed by atoms with Crippen molar-refractivity contribution in [3.05, 3.63) is 107 Å². The smallest absolute Gasteiger partial charge is 0.480 e. The molecule has 1 N–H and O–H groups in total. The second kappa shape index (κ2) is 11.2. The van der Waals surface area contributed by atoms with E-state index in [2.05, 4.69) is 18.9 Å². The van der Waals surface area contributed by atoms with Gasteiger partial charge < -0.3 is 18.1 Å². The van der Waals surface area contributed by atoms with E-state index in [1.165, 1.54) is 0 Å². The van der Waals surface area contributed by atoms with E-state index in [1.807, 2.05) is 113 Å². The standard InChI is InChI=1S/C36H31O6P3/c1-19-13-25(14-20(2)33(19)39-43)29-17-23-9-5-7-11-27(23)31-32-28-12-8-6-10-24(28)18-30(36(32)42-45(37,38)41-35(29)31)26-15-21(3)34(40-44)22(4)16-26/h5-18H,43-44H2,1-4H3,(H,37,38). The van der Waals surface area contributed by atoms with Crippen LogP contribution in [0.4, 0.5) is 0 Å². The Balaban J connectivity index is 1.67. The highest BCUT2D eigenvalue weighted by Crippen LogP contribution is 2.61. The maximum absolute atomic E-state index is 14.0. The monoisotopic (exact) mass is 652 g/mol. The Labute approximate surface area is 266 Å². The van der Waals surface area contributed by atoms with Gasteiger partial charge in [-0.25, -0.2) is 4.57 Å². The van der Waals surface area contributed by atoms with Gasteiger partial charge in [0.15, 0.2) is 0 Å². The molecule has 2 unspecified atom stereocenters. The van der Waals surface area contributed by atoms with Gasteiger partial charge in [0.05, 0.1) is 18.9 Å². The van der Waals surface area contributed by atoms with Crippen LogP contribution in [0.15, 0.2) is 84.9 Å². The molecule has 2 atom stereocenters. The van der Waals surface area contributed by atoms with Crippen molar-refractivity contribution in [3.8, 4) is 56.4 Å². The molecule has 0 amide bonds. The van der Waals surface area contributed by atoms with Crippen LogP contribution >= 0.6 is 26.8 Å². The zero-order valence-corrected chi connectivity index (χ0v) is 28.4. The number of phosphoric acid groups is 1. The second-order valence-corrected chi connectivity index (χ2v) is 13.2. The third kappa shape index (κ3) is 4.98. The van der Waals surface area contributed by atoms with Crippen LogP contribution in [0.25, 0.3) is 54.9 Å². The molecule has 0 aliphatic carbocycles. The van der Waals surface area contributed by atoms with Crippen molar-refractivity contribution in [3.63, 3.8) is 0 Å². The molecule has 0 radical (unpaired) electrons. The quantitative estimate of drug-likeness (QED) is 0.191. The summed E-state index contributed by atoms with van der Waals surface area (Å²) in [4.78, 5) is 11.4. The number of benzene rings is 6. The second-order valence-electron chi connectivity index (χ2n) is 11.5. The van der Waals surface area contributed by atoms with Crippen molar-refractivity contribution in [2.45, 2.75) is 27.7 Å². The summed E-state index contributed by atoms with van der Waals surface area (Å²) < 4.78 is 37.3. The van der Waals surface area contributed by atoms with Crippen LogP contribution in [-0.2, 0) is 4.57 Å². The predicted molar refractivity (Wildman–Crippen MR) is 188 cm³/mol. The topological polar surface area (TPSA) is 74.2 Å². The molecule has 6 aromatic carbocycles. The van der Waals surface area contributed by atoms with E-state index in [1.54, 1.807) is 0 Å². The van der Waals surface area contributed by atoms with Gasteiger partial charge in [-0.1, -0.05) is 48.5 Å². The summed E-state index contributed by atoms with van der Waals surface area (Å²) in [6.45, 7) is 7.90. The number of phosphoric ester groups is 1. The molecule has 0 saturated heterocycles. The third-order valence-electron chi connectivity index (χ3n) is 8.44. The van der Waals surface area contributed by atoms with Gasteiger partial charge in [0, 0.05) is 22.3 Å². The molecule has 1 aliphatic heterocycles. The largest absolute Gasteiger partial charge is 0.584 e. The zero-order valence-electron chi connectivity index (χ0n) is 25.2. The van der Waals surface area contributed by atoms with Crippen LogP contribution < -0.4 is 18.1 Å². The van der Waals surface area contributed by atoms with Gasteiger partial charge >= 0.3 is 7.82 Å². The van der Waals surface area contributed by atoms with Gasteiger partial charge in [-0.15, -0.1) is 0 Å². The van der Waals surface area contributed by atoms with Gasteiger partial charge in [-0.3, -0.25) is 4.89 Å². The molecule has 1 aliphatic rings. The fourth-order valence-electron chi connectivity index (χ4n) is 6.60. The Morgan fingerprint density at radius 2 is 0.956 bits per heavy atom. The average molecular weight is 653 g/mol. The number of aryl methyl sites for hydroxylation is 4. The lowest BCUT2D eigenvalue weighted by molar-refractivity contribution is 0.295. The SMILES string of the molecule is Cc1cc(-c2cc3ccccc3c3c2OP(=O)(O)Oc2c(-c4cc(C)c(OP)c(C)c4)cc4ccccc4c2-3)cc(C)c1OP. The summed E-state index contributed by atoms with van der Waals surface area (Å²) >= 11 is 0. The predicted octanol–water partition coefficient (Wildman–Crippen LogP) is 10.4.